The Morgan fingerprint density at radius 2 is 1.83 bits per heavy atom. The average Bonchev–Trinajstić information content (AvgIpc) is 2.56. The van der Waals surface area contributed by atoms with Crippen molar-refractivity contribution in [2.24, 2.45) is 0 Å². The maximum absolute atomic E-state index is 10.8. The Balaban J connectivity index is 0.00000208. The zero-order valence-electron chi connectivity index (χ0n) is 13.0. The third-order valence-corrected chi connectivity index (χ3v) is 3.22. The molecule has 6 heteroatoms. The van der Waals surface area contributed by atoms with E-state index in [1.165, 1.54) is 6.92 Å². The van der Waals surface area contributed by atoms with Gasteiger partial charge in [0.1, 0.15) is 11.5 Å². The summed E-state index contributed by atoms with van der Waals surface area (Å²) in [4.78, 5) is 15.2. The van der Waals surface area contributed by atoms with E-state index >= 15 is 0 Å². The normalized spacial score (nSPS) is 11.4. The molecule has 2 aromatic carbocycles. The summed E-state index contributed by atoms with van der Waals surface area (Å²) in [6, 6.07) is 19.0. The minimum Gasteiger partial charge on any atom is -0.479 e. The van der Waals surface area contributed by atoms with Crippen LogP contribution in [0.2, 0.25) is 0 Å². The van der Waals surface area contributed by atoms with Crippen LogP contribution < -0.4 is 9.47 Å². The molecule has 0 fully saturated rings. The topological polar surface area (TPSA) is 68.7 Å². The minimum absolute atomic E-state index is 0. The summed E-state index contributed by atoms with van der Waals surface area (Å²) in [6.07, 6.45) is -0.903. The minimum atomic E-state index is -1.01. The van der Waals surface area contributed by atoms with E-state index in [9.17, 15) is 4.79 Å². The Bertz CT molecular complexity index is 836. The monoisotopic (exact) mass is 397 g/mol. The van der Waals surface area contributed by atoms with Crippen LogP contribution in [0.1, 0.15) is 6.92 Å². The fourth-order valence-electron chi connectivity index (χ4n) is 2.01. The third-order valence-electron chi connectivity index (χ3n) is 3.22. The van der Waals surface area contributed by atoms with Crippen molar-refractivity contribution in [2.75, 3.05) is 0 Å². The van der Waals surface area contributed by atoms with Gasteiger partial charge in [0.05, 0.1) is 0 Å². The van der Waals surface area contributed by atoms with Crippen molar-refractivity contribution in [1.29, 1.82) is 0 Å². The number of nitrogens with zero attached hydrogens (tertiary/aromatic N) is 1. The average molecular weight is 397 g/mol. The molecule has 1 heterocycles. The van der Waals surface area contributed by atoms with E-state index in [0.29, 0.717) is 17.4 Å². The van der Waals surface area contributed by atoms with Gasteiger partial charge in [-0.25, -0.2) is 4.79 Å². The van der Waals surface area contributed by atoms with Gasteiger partial charge in [-0.15, -0.1) is 5.39 Å². The predicted molar refractivity (Wildman–Crippen MR) is 84.8 cm³/mol. The molecule has 0 aliphatic rings. The molecule has 1 aromatic heterocycles. The molecule has 5 nitrogen and oxygen atoms in total. The first-order valence-electron chi connectivity index (χ1n) is 7.06. The second-order valence-corrected chi connectivity index (χ2v) is 4.94. The Morgan fingerprint density at radius 1 is 1.12 bits per heavy atom. The van der Waals surface area contributed by atoms with Gasteiger partial charge >= 0.3 is 5.97 Å². The van der Waals surface area contributed by atoms with Crippen LogP contribution in [0.4, 0.5) is 0 Å². The molecule has 0 aliphatic carbocycles. The summed E-state index contributed by atoms with van der Waals surface area (Å²) >= 11 is 0. The molecule has 24 heavy (non-hydrogen) atoms. The van der Waals surface area contributed by atoms with Crippen LogP contribution in [-0.2, 0) is 37.5 Å². The molecule has 1 N–H and O–H groups in total. The van der Waals surface area contributed by atoms with Crippen LogP contribution >= 0.6 is 0 Å². The maximum atomic E-state index is 10.8. The number of carboxylic acids is 1. The molecule has 0 saturated heterocycles. The van der Waals surface area contributed by atoms with Crippen molar-refractivity contribution in [3.63, 3.8) is 0 Å². The van der Waals surface area contributed by atoms with Crippen LogP contribution in [-0.4, -0.2) is 22.2 Å². The third kappa shape index (κ3) is 4.52. The largest absolute Gasteiger partial charge is 0.479 e. The first-order chi connectivity index (χ1) is 11.1. The number of carboxylic acid groups (broad SMARTS) is 1. The maximum Gasteiger partial charge on any atom is 0.344 e. The smallest absolute Gasteiger partial charge is 0.344 e. The van der Waals surface area contributed by atoms with Gasteiger partial charge in [-0.05, 0) is 42.8 Å². The molecule has 0 amide bonds. The fraction of sp³-hybridized carbons (Fsp3) is 0.111. The van der Waals surface area contributed by atoms with E-state index in [1.807, 2.05) is 18.2 Å². The molecule has 0 saturated carbocycles. The Hall–Kier alpha value is -1.98. The number of fused-ring (bicyclic) bond motifs is 1. The van der Waals surface area contributed by atoms with E-state index in [1.54, 1.807) is 36.4 Å². The number of benzene rings is 2. The quantitative estimate of drug-likeness (QED) is 0.666. The molecular formula is C18H14NO4Y-. The van der Waals surface area contributed by atoms with E-state index in [2.05, 4.69) is 11.1 Å². The number of hydrogen-bond donors (Lipinski definition) is 1. The molecule has 0 spiro atoms. The molecule has 3 rings (SSSR count). The summed E-state index contributed by atoms with van der Waals surface area (Å²) in [5.41, 5.74) is 0.806. The van der Waals surface area contributed by atoms with Crippen LogP contribution in [0.25, 0.3) is 10.9 Å². The van der Waals surface area contributed by atoms with Gasteiger partial charge in [0.25, 0.3) is 0 Å². The number of aromatic nitrogens is 1. The van der Waals surface area contributed by atoms with E-state index in [0.717, 1.165) is 10.9 Å². The SMILES string of the molecule is CC(Oc1ccc(Oc2ccc3cc[c-]cc3n2)cc1)C(=O)O.[Y]. The number of hydrogen-bond acceptors (Lipinski definition) is 4. The molecule has 1 atom stereocenters. The number of carbonyl (C=O) groups is 1. The van der Waals surface area contributed by atoms with Gasteiger partial charge < -0.3 is 14.6 Å². The van der Waals surface area contributed by atoms with Crippen LogP contribution in [0, 0.1) is 6.07 Å². The van der Waals surface area contributed by atoms with E-state index in [-0.39, 0.29) is 32.7 Å². The number of aliphatic carboxylic acids is 1. The second-order valence-electron chi connectivity index (χ2n) is 4.94. The van der Waals surface area contributed by atoms with Crippen molar-refractivity contribution in [3.8, 4) is 17.4 Å². The summed E-state index contributed by atoms with van der Waals surface area (Å²) in [7, 11) is 0. The standard InChI is InChI=1S/C18H14NO4.Y/c1-12(18(20)21)22-14-7-9-15(10-8-14)23-17-11-6-13-4-2-3-5-16(13)19-17;/h2,4-12H,1H3,(H,20,21);/q-1;. The van der Waals surface area contributed by atoms with Gasteiger partial charge in [0.2, 0.25) is 5.88 Å². The Kier molecular flexibility index (Phi) is 6.29. The van der Waals surface area contributed by atoms with Crippen molar-refractivity contribution >= 4 is 16.9 Å². The molecule has 1 radical (unpaired) electrons. The summed E-state index contributed by atoms with van der Waals surface area (Å²) < 4.78 is 11.0. The first kappa shape index (κ1) is 18.4. The van der Waals surface area contributed by atoms with Gasteiger partial charge in [-0.2, -0.15) is 24.3 Å². The van der Waals surface area contributed by atoms with Crippen LogP contribution in [0.3, 0.4) is 0 Å². The molecule has 0 bridgehead atoms. The zero-order valence-corrected chi connectivity index (χ0v) is 15.8. The van der Waals surface area contributed by atoms with Gasteiger partial charge in [-0.1, -0.05) is 6.07 Å². The van der Waals surface area contributed by atoms with Crippen molar-refractivity contribution in [1.82, 2.24) is 4.98 Å². The first-order valence-corrected chi connectivity index (χ1v) is 7.06. The van der Waals surface area contributed by atoms with Crippen LogP contribution in [0.5, 0.6) is 17.4 Å². The molecule has 3 aromatic rings. The van der Waals surface area contributed by atoms with Crippen molar-refractivity contribution in [3.05, 3.63) is 60.7 Å². The van der Waals surface area contributed by atoms with Crippen LogP contribution in [0.15, 0.2) is 54.6 Å². The van der Waals surface area contributed by atoms with Crippen molar-refractivity contribution in [2.45, 2.75) is 13.0 Å². The van der Waals surface area contributed by atoms with E-state index < -0.39 is 12.1 Å². The predicted octanol–water partition coefficient (Wildman–Crippen LogP) is 3.68. The molecule has 1 unspecified atom stereocenters. The Labute approximate surface area is 164 Å². The molecule has 0 aliphatic heterocycles. The molecular weight excluding hydrogens is 383 g/mol. The summed E-state index contributed by atoms with van der Waals surface area (Å²) in [5, 5.41) is 9.84. The van der Waals surface area contributed by atoms with Gasteiger partial charge in [0, 0.05) is 32.7 Å². The van der Waals surface area contributed by atoms with Crippen molar-refractivity contribution < 1.29 is 52.1 Å². The summed E-state index contributed by atoms with van der Waals surface area (Å²) in [5.74, 6) is 0.521. The zero-order chi connectivity index (χ0) is 16.2. The second kappa shape index (κ2) is 8.22. The van der Waals surface area contributed by atoms with Gasteiger partial charge in [-0.3, -0.25) is 4.98 Å². The molecule has 119 valence electrons. The number of pyridine rings is 1. The number of rotatable bonds is 5. The fourth-order valence-corrected chi connectivity index (χ4v) is 2.01. The van der Waals surface area contributed by atoms with E-state index in [4.69, 9.17) is 14.6 Å². The summed E-state index contributed by atoms with van der Waals surface area (Å²) in [6.45, 7) is 1.47. The van der Waals surface area contributed by atoms with Gasteiger partial charge in [0.15, 0.2) is 6.10 Å². The Morgan fingerprint density at radius 3 is 2.54 bits per heavy atom. The number of ether oxygens (including phenoxy) is 2.